The largest absolute Gasteiger partial charge is 0.324 e. The lowest BCUT2D eigenvalue weighted by Gasteiger charge is -2.08. The normalized spacial score (nSPS) is 13.1. The number of carbonyl (C=O) groups is 1. The molecule has 17 heavy (non-hydrogen) atoms. The summed E-state index contributed by atoms with van der Waals surface area (Å²) in [5, 5.41) is 2.56. The summed E-state index contributed by atoms with van der Waals surface area (Å²) in [6.07, 6.45) is 2.37. The van der Waals surface area contributed by atoms with Crippen LogP contribution in [0.3, 0.4) is 0 Å². The molecule has 1 aromatic rings. The number of hydrogen-bond acceptors (Lipinski definition) is 4. The highest BCUT2D eigenvalue weighted by atomic mass is 35.5. The van der Waals surface area contributed by atoms with E-state index in [9.17, 15) is 13.2 Å². The second-order valence-corrected chi connectivity index (χ2v) is 5.97. The molecule has 7 heteroatoms. The van der Waals surface area contributed by atoms with Gasteiger partial charge in [0.05, 0.1) is 11.9 Å². The number of pyridine rings is 1. The van der Waals surface area contributed by atoms with E-state index >= 15 is 0 Å². The smallest absolute Gasteiger partial charge is 0.228 e. The molecule has 1 N–H and O–H groups in total. The Bertz CT molecular complexity index is 499. The average molecular weight is 277 g/mol. The van der Waals surface area contributed by atoms with Crippen molar-refractivity contribution in [2.75, 3.05) is 17.5 Å². The van der Waals surface area contributed by atoms with Crippen molar-refractivity contribution in [1.82, 2.24) is 4.98 Å². The van der Waals surface area contributed by atoms with Crippen LogP contribution in [0.5, 0.6) is 0 Å². The number of carbonyl (C=O) groups excluding carboxylic acids is 1. The zero-order valence-corrected chi connectivity index (χ0v) is 11.0. The Kier molecular flexibility index (Phi) is 4.47. The van der Waals surface area contributed by atoms with Crippen LogP contribution in [0.1, 0.15) is 6.92 Å². The van der Waals surface area contributed by atoms with Crippen molar-refractivity contribution in [1.29, 1.82) is 0 Å². The van der Waals surface area contributed by atoms with Gasteiger partial charge in [-0.3, -0.25) is 4.79 Å². The third-order valence-electron chi connectivity index (χ3n) is 2.06. The van der Waals surface area contributed by atoms with E-state index in [0.29, 0.717) is 5.69 Å². The zero-order chi connectivity index (χ0) is 13.1. The van der Waals surface area contributed by atoms with Crippen LogP contribution in [-0.2, 0) is 14.6 Å². The predicted molar refractivity (Wildman–Crippen MR) is 65.9 cm³/mol. The van der Waals surface area contributed by atoms with E-state index in [1.54, 1.807) is 6.92 Å². The summed E-state index contributed by atoms with van der Waals surface area (Å²) in [7, 11) is -3.31. The first-order valence-electron chi connectivity index (χ1n) is 4.87. The average Bonchev–Trinajstić information content (AvgIpc) is 2.27. The van der Waals surface area contributed by atoms with Crippen molar-refractivity contribution < 1.29 is 13.2 Å². The highest BCUT2D eigenvalue weighted by Gasteiger charge is 2.13. The molecule has 0 aliphatic rings. The molecule has 1 aromatic heterocycles. The van der Waals surface area contributed by atoms with Crippen molar-refractivity contribution in [3.05, 3.63) is 18.3 Å². The van der Waals surface area contributed by atoms with E-state index in [4.69, 9.17) is 11.6 Å². The molecule has 0 aliphatic carbocycles. The fraction of sp³-hybridized carbons (Fsp3) is 0.400. The van der Waals surface area contributed by atoms with Gasteiger partial charge in [0.2, 0.25) is 5.91 Å². The molecule has 0 fully saturated rings. The molecular formula is C10H13ClN2O3S. The van der Waals surface area contributed by atoms with Gasteiger partial charge in [-0.25, -0.2) is 13.4 Å². The quantitative estimate of drug-likeness (QED) is 0.841. The minimum absolute atomic E-state index is 0.0270. The number of alkyl halides is 1. The Hall–Kier alpha value is -1.14. The molecule has 0 bridgehead atoms. The SMILES string of the molecule is CC(CCl)C(=O)Nc1ccc(S(C)(=O)=O)nc1. The van der Waals surface area contributed by atoms with Gasteiger partial charge in [0.25, 0.3) is 0 Å². The van der Waals surface area contributed by atoms with E-state index in [1.165, 1.54) is 18.3 Å². The van der Waals surface area contributed by atoms with Crippen LogP contribution < -0.4 is 5.32 Å². The topological polar surface area (TPSA) is 76.1 Å². The van der Waals surface area contributed by atoms with Gasteiger partial charge in [-0.15, -0.1) is 11.6 Å². The first kappa shape index (κ1) is 13.9. The summed E-state index contributed by atoms with van der Waals surface area (Å²) < 4.78 is 22.3. The molecule has 0 saturated heterocycles. The Morgan fingerprint density at radius 1 is 1.53 bits per heavy atom. The summed E-state index contributed by atoms with van der Waals surface area (Å²) in [6, 6.07) is 2.83. The molecule has 1 heterocycles. The van der Waals surface area contributed by atoms with Gasteiger partial charge in [0, 0.05) is 18.1 Å². The van der Waals surface area contributed by atoms with Gasteiger partial charge in [-0.1, -0.05) is 6.92 Å². The van der Waals surface area contributed by atoms with Crippen LogP contribution in [0.25, 0.3) is 0 Å². The minimum Gasteiger partial charge on any atom is -0.324 e. The van der Waals surface area contributed by atoms with Crippen LogP contribution in [0.2, 0.25) is 0 Å². The maximum absolute atomic E-state index is 11.5. The summed E-state index contributed by atoms with van der Waals surface area (Å²) in [6.45, 7) is 1.70. The Labute approximate surface area is 105 Å². The third-order valence-corrected chi connectivity index (χ3v) is 3.53. The van der Waals surface area contributed by atoms with Crippen molar-refractivity contribution in [2.45, 2.75) is 11.9 Å². The maximum Gasteiger partial charge on any atom is 0.228 e. The van der Waals surface area contributed by atoms with Crippen LogP contribution >= 0.6 is 11.6 Å². The van der Waals surface area contributed by atoms with Crippen LogP contribution in [0.15, 0.2) is 23.4 Å². The monoisotopic (exact) mass is 276 g/mol. The Morgan fingerprint density at radius 3 is 2.59 bits per heavy atom. The van der Waals surface area contributed by atoms with E-state index in [1.807, 2.05) is 0 Å². The summed E-state index contributed by atoms with van der Waals surface area (Å²) in [5.74, 6) is -0.319. The van der Waals surface area contributed by atoms with Gasteiger partial charge < -0.3 is 5.32 Å². The summed E-state index contributed by atoms with van der Waals surface area (Å²) in [5.41, 5.74) is 0.444. The first-order chi connectivity index (χ1) is 7.84. The number of rotatable bonds is 4. The number of nitrogens with one attached hydrogen (secondary N) is 1. The number of hydrogen-bond donors (Lipinski definition) is 1. The lowest BCUT2D eigenvalue weighted by Crippen LogP contribution is -2.21. The van der Waals surface area contributed by atoms with Crippen molar-refractivity contribution in [3.63, 3.8) is 0 Å². The second-order valence-electron chi connectivity index (χ2n) is 3.70. The highest BCUT2D eigenvalue weighted by molar-refractivity contribution is 7.90. The lowest BCUT2D eigenvalue weighted by atomic mass is 10.2. The molecule has 0 saturated carbocycles. The number of sulfone groups is 1. The second kappa shape index (κ2) is 5.46. The number of anilines is 1. The van der Waals surface area contributed by atoms with Gasteiger partial charge in [-0.05, 0) is 12.1 Å². The summed E-state index contributed by atoms with van der Waals surface area (Å²) >= 11 is 5.54. The molecule has 1 unspecified atom stereocenters. The van der Waals surface area contributed by atoms with Crippen LogP contribution in [0, 0.1) is 5.92 Å². The lowest BCUT2D eigenvalue weighted by molar-refractivity contribution is -0.118. The van der Waals surface area contributed by atoms with Crippen LogP contribution in [-0.4, -0.2) is 31.4 Å². The number of halogens is 1. The summed E-state index contributed by atoms with van der Waals surface area (Å²) in [4.78, 5) is 15.2. The first-order valence-corrected chi connectivity index (χ1v) is 7.30. The van der Waals surface area contributed by atoms with Crippen molar-refractivity contribution in [2.24, 2.45) is 5.92 Å². The third kappa shape index (κ3) is 3.98. The fourth-order valence-corrected chi connectivity index (χ4v) is 1.71. The van der Waals surface area contributed by atoms with E-state index in [0.717, 1.165) is 6.26 Å². The van der Waals surface area contributed by atoms with Gasteiger partial charge in [-0.2, -0.15) is 0 Å². The molecular weight excluding hydrogens is 264 g/mol. The van der Waals surface area contributed by atoms with E-state index < -0.39 is 9.84 Å². The predicted octanol–water partition coefficient (Wildman–Crippen LogP) is 1.30. The molecule has 1 rings (SSSR count). The Morgan fingerprint density at radius 2 is 2.18 bits per heavy atom. The molecule has 1 atom stereocenters. The molecule has 0 spiro atoms. The van der Waals surface area contributed by atoms with Gasteiger partial charge >= 0.3 is 0 Å². The maximum atomic E-state index is 11.5. The van der Waals surface area contributed by atoms with Gasteiger partial charge in [0.1, 0.15) is 0 Å². The molecule has 0 radical (unpaired) electrons. The number of aromatic nitrogens is 1. The zero-order valence-electron chi connectivity index (χ0n) is 9.47. The molecule has 5 nitrogen and oxygen atoms in total. The fourth-order valence-electron chi connectivity index (χ4n) is 1.01. The van der Waals surface area contributed by atoms with Crippen LogP contribution in [0.4, 0.5) is 5.69 Å². The van der Waals surface area contributed by atoms with Crippen molar-refractivity contribution >= 4 is 33.0 Å². The van der Waals surface area contributed by atoms with Gasteiger partial charge in [0.15, 0.2) is 14.9 Å². The molecule has 0 aliphatic heterocycles. The minimum atomic E-state index is -3.31. The molecule has 94 valence electrons. The van der Waals surface area contributed by atoms with E-state index in [-0.39, 0.29) is 22.7 Å². The Balaban J connectivity index is 2.79. The molecule has 1 amide bonds. The number of amides is 1. The number of nitrogens with zero attached hydrogens (tertiary/aromatic N) is 1. The highest BCUT2D eigenvalue weighted by Crippen LogP contribution is 2.11. The molecule has 0 aromatic carbocycles. The van der Waals surface area contributed by atoms with E-state index in [2.05, 4.69) is 10.3 Å². The van der Waals surface area contributed by atoms with Crippen molar-refractivity contribution in [3.8, 4) is 0 Å². The standard InChI is InChI=1S/C10H13ClN2O3S/c1-7(5-11)10(14)13-8-3-4-9(12-6-8)17(2,15)16/h3-4,6-7H,5H2,1-2H3,(H,13,14).